The van der Waals surface area contributed by atoms with E-state index in [0.717, 1.165) is 32.6 Å². The third kappa shape index (κ3) is 6.21. The van der Waals surface area contributed by atoms with Crippen LogP contribution in [0.15, 0.2) is 54.6 Å². The average molecular weight is 467 g/mol. The van der Waals surface area contributed by atoms with E-state index >= 15 is 0 Å². The minimum Gasteiger partial charge on any atom is -0.356 e. The standard InChI is InChI=1S/C27H35FN4O2/c1-30-18-19-31(25(20-30)21-6-3-2-4-7-21)15-5-14-29-26(33)22-12-16-32(17-13-22)27(34)23-8-10-24(28)11-9-23/h2-4,6-11,22,25H,5,12-20H2,1H3,(H,29,33). The van der Waals surface area contributed by atoms with Crippen molar-refractivity contribution in [3.8, 4) is 0 Å². The molecule has 0 bridgehead atoms. The van der Waals surface area contributed by atoms with Gasteiger partial charge in [0.25, 0.3) is 5.91 Å². The quantitative estimate of drug-likeness (QED) is 0.637. The molecular formula is C27H35FN4O2. The van der Waals surface area contributed by atoms with E-state index in [0.29, 0.717) is 44.1 Å². The molecule has 4 rings (SSSR count). The Morgan fingerprint density at radius 2 is 1.68 bits per heavy atom. The van der Waals surface area contributed by atoms with E-state index in [1.165, 1.54) is 29.8 Å². The highest BCUT2D eigenvalue weighted by Gasteiger charge is 2.28. The molecule has 0 aliphatic carbocycles. The number of nitrogens with one attached hydrogen (secondary N) is 1. The van der Waals surface area contributed by atoms with Crippen LogP contribution in [0.1, 0.15) is 41.2 Å². The minimum absolute atomic E-state index is 0.0574. The number of rotatable bonds is 7. The van der Waals surface area contributed by atoms with Crippen molar-refractivity contribution in [2.75, 3.05) is 52.9 Å². The van der Waals surface area contributed by atoms with Crippen LogP contribution in [0.25, 0.3) is 0 Å². The molecule has 0 radical (unpaired) electrons. The maximum atomic E-state index is 13.1. The molecule has 0 saturated carbocycles. The number of hydrogen-bond acceptors (Lipinski definition) is 4. The Bertz CT molecular complexity index is 945. The molecule has 2 aliphatic rings. The SMILES string of the molecule is CN1CCN(CCCNC(=O)C2CCN(C(=O)c3ccc(F)cc3)CC2)C(c2ccccc2)C1. The molecule has 2 aromatic rings. The van der Waals surface area contributed by atoms with Crippen LogP contribution >= 0.6 is 0 Å². The molecule has 2 heterocycles. The predicted octanol–water partition coefficient (Wildman–Crippen LogP) is 3.17. The van der Waals surface area contributed by atoms with E-state index in [4.69, 9.17) is 0 Å². The van der Waals surface area contributed by atoms with E-state index in [1.54, 1.807) is 4.90 Å². The molecule has 6 nitrogen and oxygen atoms in total. The van der Waals surface area contributed by atoms with Crippen LogP contribution < -0.4 is 5.32 Å². The molecule has 2 fully saturated rings. The Hall–Kier alpha value is -2.77. The molecule has 2 aliphatic heterocycles. The molecule has 0 spiro atoms. The Kier molecular flexibility index (Phi) is 8.29. The van der Waals surface area contributed by atoms with Crippen molar-refractivity contribution in [2.45, 2.75) is 25.3 Å². The molecule has 1 atom stereocenters. The molecule has 1 unspecified atom stereocenters. The maximum absolute atomic E-state index is 13.1. The van der Waals surface area contributed by atoms with Crippen molar-refractivity contribution in [1.82, 2.24) is 20.0 Å². The number of carbonyl (C=O) groups is 2. The van der Waals surface area contributed by atoms with Crippen molar-refractivity contribution in [3.05, 3.63) is 71.5 Å². The van der Waals surface area contributed by atoms with E-state index in [-0.39, 0.29) is 23.5 Å². The fourth-order valence-electron chi connectivity index (χ4n) is 4.97. The molecule has 34 heavy (non-hydrogen) atoms. The van der Waals surface area contributed by atoms with Gasteiger partial charge >= 0.3 is 0 Å². The number of halogens is 1. The summed E-state index contributed by atoms with van der Waals surface area (Å²) < 4.78 is 13.1. The number of amides is 2. The van der Waals surface area contributed by atoms with Gasteiger partial charge in [-0.05, 0) is 56.1 Å². The number of hydrogen-bond donors (Lipinski definition) is 1. The second-order valence-corrected chi connectivity index (χ2v) is 9.44. The van der Waals surface area contributed by atoms with Crippen molar-refractivity contribution in [2.24, 2.45) is 5.92 Å². The summed E-state index contributed by atoms with van der Waals surface area (Å²) >= 11 is 0. The van der Waals surface area contributed by atoms with Crippen LogP contribution in [0.4, 0.5) is 4.39 Å². The Balaban J connectivity index is 1.19. The largest absolute Gasteiger partial charge is 0.356 e. The number of carbonyl (C=O) groups excluding carboxylic acids is 2. The molecular weight excluding hydrogens is 431 g/mol. The molecule has 7 heteroatoms. The number of likely N-dealkylation sites (tertiary alicyclic amines) is 1. The number of likely N-dealkylation sites (N-methyl/N-ethyl adjacent to an activating group) is 1. The highest BCUT2D eigenvalue weighted by Crippen LogP contribution is 2.25. The van der Waals surface area contributed by atoms with Gasteiger partial charge < -0.3 is 15.1 Å². The van der Waals surface area contributed by atoms with E-state index in [1.807, 2.05) is 0 Å². The first-order valence-electron chi connectivity index (χ1n) is 12.3. The van der Waals surface area contributed by atoms with Gasteiger partial charge in [0.1, 0.15) is 5.82 Å². The third-order valence-corrected chi connectivity index (χ3v) is 7.04. The first-order chi connectivity index (χ1) is 16.5. The lowest BCUT2D eigenvalue weighted by Gasteiger charge is -2.40. The lowest BCUT2D eigenvalue weighted by molar-refractivity contribution is -0.126. The van der Waals surface area contributed by atoms with Gasteiger partial charge in [0.05, 0.1) is 0 Å². The van der Waals surface area contributed by atoms with Crippen LogP contribution in [-0.2, 0) is 4.79 Å². The fourth-order valence-corrected chi connectivity index (χ4v) is 4.97. The monoisotopic (exact) mass is 466 g/mol. The van der Waals surface area contributed by atoms with Crippen LogP contribution in [0, 0.1) is 11.7 Å². The molecule has 2 saturated heterocycles. The zero-order valence-corrected chi connectivity index (χ0v) is 20.0. The van der Waals surface area contributed by atoms with Gasteiger partial charge in [0, 0.05) is 63.3 Å². The lowest BCUT2D eigenvalue weighted by atomic mass is 9.95. The van der Waals surface area contributed by atoms with Crippen molar-refractivity contribution in [3.63, 3.8) is 0 Å². The number of benzene rings is 2. The number of piperidine rings is 1. The smallest absolute Gasteiger partial charge is 0.253 e. The summed E-state index contributed by atoms with van der Waals surface area (Å²) in [5.41, 5.74) is 1.84. The molecule has 1 N–H and O–H groups in total. The lowest BCUT2D eigenvalue weighted by Crippen LogP contribution is -2.47. The van der Waals surface area contributed by atoms with Gasteiger partial charge in [-0.3, -0.25) is 14.5 Å². The second kappa shape index (κ2) is 11.6. The molecule has 0 aromatic heterocycles. The van der Waals surface area contributed by atoms with Crippen molar-refractivity contribution >= 4 is 11.8 Å². The summed E-state index contributed by atoms with van der Waals surface area (Å²) in [4.78, 5) is 31.9. The van der Waals surface area contributed by atoms with Gasteiger partial charge in [-0.25, -0.2) is 4.39 Å². The molecule has 182 valence electrons. The Labute approximate surface area is 201 Å². The number of nitrogens with zero attached hydrogens (tertiary/aromatic N) is 3. The van der Waals surface area contributed by atoms with Gasteiger partial charge in [-0.2, -0.15) is 0 Å². The van der Waals surface area contributed by atoms with E-state index in [2.05, 4.69) is 52.5 Å². The van der Waals surface area contributed by atoms with Gasteiger partial charge in [-0.15, -0.1) is 0 Å². The van der Waals surface area contributed by atoms with Crippen LogP contribution in [-0.4, -0.2) is 79.4 Å². The van der Waals surface area contributed by atoms with Gasteiger partial charge in [-0.1, -0.05) is 30.3 Å². The van der Waals surface area contributed by atoms with Gasteiger partial charge in [0.2, 0.25) is 5.91 Å². The van der Waals surface area contributed by atoms with Crippen LogP contribution in [0.5, 0.6) is 0 Å². The Morgan fingerprint density at radius 3 is 2.38 bits per heavy atom. The second-order valence-electron chi connectivity index (χ2n) is 9.44. The highest BCUT2D eigenvalue weighted by atomic mass is 19.1. The maximum Gasteiger partial charge on any atom is 0.253 e. The zero-order valence-electron chi connectivity index (χ0n) is 20.0. The Morgan fingerprint density at radius 1 is 0.971 bits per heavy atom. The summed E-state index contributed by atoms with van der Waals surface area (Å²) in [5.74, 6) is -0.418. The highest BCUT2D eigenvalue weighted by molar-refractivity contribution is 5.94. The summed E-state index contributed by atoms with van der Waals surface area (Å²) in [7, 11) is 2.17. The first-order valence-corrected chi connectivity index (χ1v) is 12.3. The summed E-state index contributed by atoms with van der Waals surface area (Å²) in [6.45, 7) is 5.84. The van der Waals surface area contributed by atoms with Gasteiger partial charge in [0.15, 0.2) is 0 Å². The van der Waals surface area contributed by atoms with E-state index < -0.39 is 0 Å². The first kappa shape index (κ1) is 24.4. The van der Waals surface area contributed by atoms with Crippen molar-refractivity contribution < 1.29 is 14.0 Å². The molecule has 2 amide bonds. The number of piperazine rings is 1. The van der Waals surface area contributed by atoms with Crippen LogP contribution in [0.3, 0.4) is 0 Å². The average Bonchev–Trinajstić information content (AvgIpc) is 2.88. The minimum atomic E-state index is -0.352. The van der Waals surface area contributed by atoms with E-state index in [9.17, 15) is 14.0 Å². The molecule has 2 aromatic carbocycles. The normalized spacial score (nSPS) is 20.3. The van der Waals surface area contributed by atoms with Crippen molar-refractivity contribution in [1.29, 1.82) is 0 Å². The summed E-state index contributed by atoms with van der Waals surface area (Å²) in [5, 5.41) is 3.12. The third-order valence-electron chi connectivity index (χ3n) is 7.04. The zero-order chi connectivity index (χ0) is 23.9. The summed E-state index contributed by atoms with van der Waals surface area (Å²) in [6, 6.07) is 16.7. The summed E-state index contributed by atoms with van der Waals surface area (Å²) in [6.07, 6.45) is 2.24. The topological polar surface area (TPSA) is 55.9 Å². The predicted molar refractivity (Wildman–Crippen MR) is 131 cm³/mol. The van der Waals surface area contributed by atoms with Crippen LogP contribution in [0.2, 0.25) is 0 Å². The fraction of sp³-hybridized carbons (Fsp3) is 0.481.